The van der Waals surface area contributed by atoms with Crippen LogP contribution in [0.3, 0.4) is 0 Å². The average molecular weight is 234 g/mol. The van der Waals surface area contributed by atoms with E-state index in [0.717, 1.165) is 30.6 Å². The van der Waals surface area contributed by atoms with Gasteiger partial charge in [-0.15, -0.1) is 0 Å². The summed E-state index contributed by atoms with van der Waals surface area (Å²) in [4.78, 5) is 7.11. The number of nitrogens with zero attached hydrogens (tertiary/aromatic N) is 2. The van der Waals surface area contributed by atoms with Crippen molar-refractivity contribution in [3.8, 4) is 0 Å². The minimum atomic E-state index is 1.01. The zero-order chi connectivity index (χ0) is 11.9. The molecule has 0 saturated heterocycles. The normalized spacial score (nSPS) is 20.2. The molecular weight excluding hydrogens is 220 g/mol. The molecule has 2 heteroatoms. The Balaban J connectivity index is 2.01. The van der Waals surface area contributed by atoms with Crippen LogP contribution in [0.1, 0.15) is 6.42 Å². The molecule has 18 heavy (non-hydrogen) atoms. The largest absolute Gasteiger partial charge is 0.373 e. The molecule has 4 rings (SSSR count). The number of allylic oxidation sites excluding steroid dienone is 1. The fourth-order valence-corrected chi connectivity index (χ4v) is 2.79. The molecule has 2 nitrogen and oxygen atoms in total. The highest BCUT2D eigenvalue weighted by molar-refractivity contribution is 5.75. The monoisotopic (exact) mass is 234 g/mol. The van der Waals surface area contributed by atoms with Crippen molar-refractivity contribution in [3.05, 3.63) is 70.5 Å². The van der Waals surface area contributed by atoms with Gasteiger partial charge in [0.15, 0.2) is 0 Å². The van der Waals surface area contributed by atoms with Crippen LogP contribution in [0, 0.1) is 0 Å². The van der Waals surface area contributed by atoms with Crippen LogP contribution in [-0.4, -0.2) is 18.0 Å². The Bertz CT molecular complexity index is 720. The molecule has 88 valence electrons. The van der Waals surface area contributed by atoms with Crippen molar-refractivity contribution in [2.75, 3.05) is 13.1 Å². The second kappa shape index (κ2) is 3.70. The number of rotatable bonds is 0. The third kappa shape index (κ3) is 1.46. The molecule has 0 radical (unpaired) electrons. The molecule has 0 N–H and O–H groups in total. The molecule has 0 fully saturated rings. The fourth-order valence-electron chi connectivity index (χ4n) is 2.79. The SMILES string of the molecule is C1=CN2CCC=C(C=C3N=c4ccccc4=C13)C2. The summed E-state index contributed by atoms with van der Waals surface area (Å²) in [7, 11) is 0. The van der Waals surface area contributed by atoms with Gasteiger partial charge < -0.3 is 4.90 Å². The van der Waals surface area contributed by atoms with Gasteiger partial charge in [-0.25, -0.2) is 4.99 Å². The van der Waals surface area contributed by atoms with Crippen molar-refractivity contribution in [2.45, 2.75) is 6.42 Å². The Kier molecular flexibility index (Phi) is 2.04. The van der Waals surface area contributed by atoms with Gasteiger partial charge in [-0.05, 0) is 30.2 Å². The molecule has 0 aliphatic carbocycles. The number of para-hydroxylation sites is 1. The van der Waals surface area contributed by atoms with Crippen molar-refractivity contribution in [2.24, 2.45) is 4.99 Å². The maximum atomic E-state index is 4.74. The predicted octanol–water partition coefficient (Wildman–Crippen LogP) is 1.51. The van der Waals surface area contributed by atoms with Crippen molar-refractivity contribution in [1.29, 1.82) is 0 Å². The van der Waals surface area contributed by atoms with E-state index >= 15 is 0 Å². The lowest BCUT2D eigenvalue weighted by Gasteiger charge is -2.26. The van der Waals surface area contributed by atoms with Crippen LogP contribution in [0.2, 0.25) is 0 Å². The topological polar surface area (TPSA) is 15.6 Å². The van der Waals surface area contributed by atoms with Crippen molar-refractivity contribution < 1.29 is 0 Å². The maximum Gasteiger partial charge on any atom is 0.0720 e. The molecule has 3 heterocycles. The molecule has 1 aromatic carbocycles. The van der Waals surface area contributed by atoms with Crippen LogP contribution < -0.4 is 10.6 Å². The molecule has 0 unspecified atom stereocenters. The van der Waals surface area contributed by atoms with Crippen LogP contribution in [0.25, 0.3) is 5.57 Å². The van der Waals surface area contributed by atoms with Crippen LogP contribution in [0.4, 0.5) is 0 Å². The first-order valence-corrected chi connectivity index (χ1v) is 6.42. The number of hydrogen-bond acceptors (Lipinski definition) is 2. The summed E-state index contributed by atoms with van der Waals surface area (Å²) in [6.45, 7) is 2.13. The Morgan fingerprint density at radius 2 is 2.11 bits per heavy atom. The van der Waals surface area contributed by atoms with Gasteiger partial charge in [-0.2, -0.15) is 0 Å². The van der Waals surface area contributed by atoms with E-state index in [4.69, 9.17) is 4.99 Å². The third-order valence-electron chi connectivity index (χ3n) is 3.69. The van der Waals surface area contributed by atoms with Gasteiger partial charge >= 0.3 is 0 Å². The lowest BCUT2D eigenvalue weighted by atomic mass is 10.0. The van der Waals surface area contributed by atoms with Gasteiger partial charge in [0.1, 0.15) is 0 Å². The average Bonchev–Trinajstić information content (AvgIpc) is 2.72. The van der Waals surface area contributed by atoms with Crippen molar-refractivity contribution in [3.63, 3.8) is 0 Å². The highest BCUT2D eigenvalue weighted by atomic mass is 15.1. The molecule has 1 aromatic rings. The highest BCUT2D eigenvalue weighted by Gasteiger charge is 2.16. The number of benzene rings is 1. The summed E-state index contributed by atoms with van der Waals surface area (Å²) in [6, 6.07) is 8.37. The smallest absolute Gasteiger partial charge is 0.0720 e. The summed E-state index contributed by atoms with van der Waals surface area (Å²) < 4.78 is 0. The molecular formula is C16H14N2. The van der Waals surface area contributed by atoms with Gasteiger partial charge in [0, 0.05) is 30.1 Å². The van der Waals surface area contributed by atoms with Crippen LogP contribution in [0.15, 0.2) is 65.0 Å². The van der Waals surface area contributed by atoms with E-state index < -0.39 is 0 Å². The van der Waals surface area contributed by atoms with Gasteiger partial charge in [-0.3, -0.25) is 0 Å². The van der Waals surface area contributed by atoms with Gasteiger partial charge in [0.25, 0.3) is 0 Å². The van der Waals surface area contributed by atoms with Crippen LogP contribution in [-0.2, 0) is 0 Å². The minimum Gasteiger partial charge on any atom is -0.373 e. The fraction of sp³-hybridized carbons (Fsp3) is 0.188. The standard InChI is InChI=1S/C16H14N2/c1-2-6-15-13(5-1)14-7-9-18-8-3-4-12(11-18)10-16(14)17-15/h1-2,4-7,9-10H,3,8,11H2. The van der Waals surface area contributed by atoms with Crippen LogP contribution in [0.5, 0.6) is 0 Å². The summed E-state index contributed by atoms with van der Waals surface area (Å²) >= 11 is 0. The first-order valence-electron chi connectivity index (χ1n) is 6.42. The van der Waals surface area contributed by atoms with Gasteiger partial charge in [-0.1, -0.05) is 24.3 Å². The molecule has 0 amide bonds. The van der Waals surface area contributed by atoms with E-state index in [9.17, 15) is 0 Å². The Hall–Kier alpha value is -2.09. The van der Waals surface area contributed by atoms with Gasteiger partial charge in [0.2, 0.25) is 0 Å². The lowest BCUT2D eigenvalue weighted by Crippen LogP contribution is -2.25. The predicted molar refractivity (Wildman–Crippen MR) is 72.1 cm³/mol. The van der Waals surface area contributed by atoms with Crippen LogP contribution >= 0.6 is 0 Å². The van der Waals surface area contributed by atoms with E-state index in [1.54, 1.807) is 0 Å². The number of hydrogen-bond donors (Lipinski definition) is 0. The summed E-state index contributed by atoms with van der Waals surface area (Å²) in [5.41, 5.74) is 3.75. The molecule has 2 bridgehead atoms. The first kappa shape index (κ1) is 9.89. The molecule has 0 saturated carbocycles. The second-order valence-corrected chi connectivity index (χ2v) is 4.93. The lowest BCUT2D eigenvalue weighted by molar-refractivity contribution is 0.401. The highest BCUT2D eigenvalue weighted by Crippen LogP contribution is 2.23. The minimum absolute atomic E-state index is 1.01. The van der Waals surface area contributed by atoms with Crippen molar-refractivity contribution >= 4 is 5.57 Å². The summed E-state index contributed by atoms with van der Waals surface area (Å²) in [6.07, 6.45) is 10.1. The second-order valence-electron chi connectivity index (χ2n) is 4.93. The first-order chi connectivity index (χ1) is 8.90. The molecule has 0 spiro atoms. The molecule has 3 aliphatic heterocycles. The van der Waals surface area contributed by atoms with E-state index in [1.807, 2.05) is 6.07 Å². The Morgan fingerprint density at radius 3 is 3.11 bits per heavy atom. The molecule has 0 aromatic heterocycles. The zero-order valence-electron chi connectivity index (χ0n) is 10.1. The zero-order valence-corrected chi connectivity index (χ0v) is 10.1. The third-order valence-corrected chi connectivity index (χ3v) is 3.69. The molecule has 0 atom stereocenters. The summed E-state index contributed by atoms with van der Waals surface area (Å²) in [5, 5.41) is 2.34. The number of fused-ring (bicyclic) bond motifs is 4. The van der Waals surface area contributed by atoms with E-state index in [0.29, 0.717) is 0 Å². The van der Waals surface area contributed by atoms with E-state index in [2.05, 4.69) is 47.5 Å². The summed E-state index contributed by atoms with van der Waals surface area (Å²) in [5.74, 6) is 0. The van der Waals surface area contributed by atoms with E-state index in [1.165, 1.54) is 16.4 Å². The van der Waals surface area contributed by atoms with Crippen molar-refractivity contribution in [1.82, 2.24) is 4.90 Å². The Labute approximate surface area is 106 Å². The van der Waals surface area contributed by atoms with E-state index in [-0.39, 0.29) is 0 Å². The molecule has 3 aliphatic rings. The van der Waals surface area contributed by atoms with Gasteiger partial charge in [0.05, 0.1) is 11.1 Å². The maximum absolute atomic E-state index is 4.74. The Morgan fingerprint density at radius 1 is 1.17 bits per heavy atom. The quantitative estimate of drug-likeness (QED) is 0.664.